The summed E-state index contributed by atoms with van der Waals surface area (Å²) in [7, 11) is 1.66. The SMILES string of the molecule is Cn1c(=O)c(-c2ccc(CC(NC(=O)c3c(F)cc(N4CCOC[C@@H]4C(F)(F)F)cc3F)C(=O)O)c3c2OCCC3)cc2ccccc21. The number of pyridine rings is 1. The van der Waals surface area contributed by atoms with E-state index in [2.05, 4.69) is 5.32 Å². The summed E-state index contributed by atoms with van der Waals surface area (Å²) in [4.78, 5) is 39.5. The fourth-order valence-corrected chi connectivity index (χ4v) is 6.33. The van der Waals surface area contributed by atoms with E-state index in [4.69, 9.17) is 9.47 Å². The molecule has 6 rings (SSSR count). The second-order valence-corrected chi connectivity index (χ2v) is 11.7. The van der Waals surface area contributed by atoms with Gasteiger partial charge >= 0.3 is 12.1 Å². The Morgan fingerprint density at radius 2 is 1.77 bits per heavy atom. The van der Waals surface area contributed by atoms with Crippen LogP contribution in [-0.2, 0) is 29.4 Å². The molecule has 9 nitrogen and oxygen atoms in total. The molecule has 3 heterocycles. The number of aromatic nitrogens is 1. The highest BCUT2D eigenvalue weighted by molar-refractivity contribution is 5.97. The van der Waals surface area contributed by atoms with Crippen molar-refractivity contribution in [2.24, 2.45) is 7.05 Å². The molecule has 1 aromatic heterocycles. The molecule has 4 aromatic rings. The molecule has 0 saturated carbocycles. The lowest BCUT2D eigenvalue weighted by atomic mass is 9.90. The van der Waals surface area contributed by atoms with Crippen LogP contribution in [0.2, 0.25) is 0 Å². The summed E-state index contributed by atoms with van der Waals surface area (Å²) in [6.07, 6.45) is -3.95. The maximum Gasteiger partial charge on any atom is 0.411 e. The van der Waals surface area contributed by atoms with E-state index < -0.39 is 59.6 Å². The number of aryl methyl sites for hydroxylation is 1. The van der Waals surface area contributed by atoms with Crippen molar-refractivity contribution in [3.05, 3.63) is 93.3 Å². The van der Waals surface area contributed by atoms with Gasteiger partial charge in [0.15, 0.2) is 0 Å². The number of amides is 1. The minimum Gasteiger partial charge on any atom is -0.493 e. The minimum atomic E-state index is -4.74. The Bertz CT molecular complexity index is 1950. The predicted octanol–water partition coefficient (Wildman–Crippen LogP) is 5.00. The smallest absolute Gasteiger partial charge is 0.411 e. The number of nitrogens with one attached hydrogen (secondary N) is 1. The third kappa shape index (κ3) is 6.19. The van der Waals surface area contributed by atoms with Gasteiger partial charge in [0.1, 0.15) is 35.0 Å². The molecule has 0 aliphatic carbocycles. The van der Waals surface area contributed by atoms with Crippen molar-refractivity contribution in [3.8, 4) is 16.9 Å². The van der Waals surface area contributed by atoms with Gasteiger partial charge in [-0.15, -0.1) is 0 Å². The summed E-state index contributed by atoms with van der Waals surface area (Å²) in [6, 6.07) is 9.86. The number of carboxylic acid groups (broad SMARTS) is 1. The zero-order valence-electron chi connectivity index (χ0n) is 25.6. The number of morpholine rings is 1. The molecule has 1 amide bonds. The number of ether oxygens (including phenoxy) is 2. The lowest BCUT2D eigenvalue weighted by molar-refractivity contribution is -0.167. The van der Waals surface area contributed by atoms with Crippen LogP contribution in [-0.4, -0.2) is 66.2 Å². The molecule has 2 aliphatic rings. The molecule has 0 spiro atoms. The standard InChI is InChI=1S/C34H30F5N3O6/c1-41-27-7-3-2-5-19(27)13-23(32(41)44)22-9-8-18(21-6-4-11-48-30(21)22)14-26(33(45)46)40-31(43)29-24(35)15-20(16-25(29)36)42-10-12-47-17-28(42)34(37,38)39/h2-3,5,7-9,13,15-16,26,28H,4,6,10-12,14,17H2,1H3,(H,40,43)(H,45,46)/t26?,28-/m1/s1. The van der Waals surface area contributed by atoms with E-state index in [1.165, 1.54) is 4.57 Å². The second kappa shape index (κ2) is 12.9. The average molecular weight is 672 g/mol. The number of carbonyl (C=O) groups excluding carboxylic acids is 1. The topological polar surface area (TPSA) is 110 Å². The normalized spacial score (nSPS) is 17.0. The molecule has 2 aliphatic heterocycles. The third-order valence-corrected chi connectivity index (χ3v) is 8.72. The number of carbonyl (C=O) groups is 2. The molecule has 3 aromatic carbocycles. The summed E-state index contributed by atoms with van der Waals surface area (Å²) in [5.74, 6) is -5.37. The Labute approximate surface area is 270 Å². The van der Waals surface area contributed by atoms with Gasteiger partial charge in [-0.1, -0.05) is 30.3 Å². The predicted molar refractivity (Wildman–Crippen MR) is 165 cm³/mol. The number of nitrogens with zero attached hydrogens (tertiary/aromatic N) is 2. The van der Waals surface area contributed by atoms with Gasteiger partial charge in [0.2, 0.25) is 0 Å². The van der Waals surface area contributed by atoms with Crippen LogP contribution >= 0.6 is 0 Å². The van der Waals surface area contributed by atoms with E-state index in [0.29, 0.717) is 59.6 Å². The van der Waals surface area contributed by atoms with Crippen molar-refractivity contribution in [3.63, 3.8) is 0 Å². The quantitative estimate of drug-likeness (QED) is 0.266. The lowest BCUT2D eigenvalue weighted by Gasteiger charge is -2.38. The highest BCUT2D eigenvalue weighted by atomic mass is 19.4. The van der Waals surface area contributed by atoms with Crippen LogP contribution < -0.4 is 20.5 Å². The van der Waals surface area contributed by atoms with Crippen LogP contribution in [0.5, 0.6) is 5.75 Å². The van der Waals surface area contributed by atoms with Crippen molar-refractivity contribution in [1.29, 1.82) is 0 Å². The Morgan fingerprint density at radius 1 is 1.04 bits per heavy atom. The van der Waals surface area contributed by atoms with Gasteiger partial charge in [0.05, 0.1) is 30.9 Å². The summed E-state index contributed by atoms with van der Waals surface area (Å²) in [5, 5.41) is 13.0. The van der Waals surface area contributed by atoms with Gasteiger partial charge in [-0.05, 0) is 53.6 Å². The van der Waals surface area contributed by atoms with Crippen LogP contribution in [0.1, 0.15) is 27.9 Å². The first-order valence-corrected chi connectivity index (χ1v) is 15.2. The first-order valence-electron chi connectivity index (χ1n) is 15.2. The van der Waals surface area contributed by atoms with Crippen LogP contribution in [0.4, 0.5) is 27.6 Å². The number of hydrogen-bond acceptors (Lipinski definition) is 6. The Kier molecular flexibility index (Phi) is 8.86. The molecule has 2 atom stereocenters. The molecule has 14 heteroatoms. The number of para-hydroxylation sites is 1. The van der Waals surface area contributed by atoms with Gasteiger partial charge in [0.25, 0.3) is 11.5 Å². The number of aliphatic carboxylic acids is 1. The number of anilines is 1. The number of halogens is 5. The average Bonchev–Trinajstić information content (AvgIpc) is 3.05. The van der Waals surface area contributed by atoms with E-state index in [1.807, 2.05) is 24.3 Å². The summed E-state index contributed by atoms with van der Waals surface area (Å²) in [5.41, 5.74) is 0.953. The maximum atomic E-state index is 15.2. The molecule has 0 bridgehead atoms. The third-order valence-electron chi connectivity index (χ3n) is 8.72. The summed E-state index contributed by atoms with van der Waals surface area (Å²) < 4.78 is 83.4. The highest BCUT2D eigenvalue weighted by Crippen LogP contribution is 2.39. The summed E-state index contributed by atoms with van der Waals surface area (Å²) in [6.45, 7) is -0.770. The molecule has 48 heavy (non-hydrogen) atoms. The van der Waals surface area contributed by atoms with Gasteiger partial charge in [-0.25, -0.2) is 13.6 Å². The van der Waals surface area contributed by atoms with Gasteiger partial charge < -0.3 is 29.4 Å². The van der Waals surface area contributed by atoms with Crippen molar-refractivity contribution in [1.82, 2.24) is 9.88 Å². The van der Waals surface area contributed by atoms with E-state index in [9.17, 15) is 32.7 Å². The zero-order chi connectivity index (χ0) is 34.3. The molecule has 1 saturated heterocycles. The van der Waals surface area contributed by atoms with Crippen LogP contribution in [0.3, 0.4) is 0 Å². The fourth-order valence-electron chi connectivity index (χ4n) is 6.33. The van der Waals surface area contributed by atoms with Gasteiger partial charge in [-0.3, -0.25) is 9.59 Å². The zero-order valence-corrected chi connectivity index (χ0v) is 25.6. The van der Waals surface area contributed by atoms with E-state index in [1.54, 1.807) is 25.2 Å². The molecular formula is C34H30F5N3O6. The number of alkyl halides is 3. The van der Waals surface area contributed by atoms with Crippen LogP contribution in [0, 0.1) is 11.6 Å². The number of rotatable bonds is 7. The Balaban J connectivity index is 1.28. The number of fused-ring (bicyclic) bond motifs is 2. The van der Waals surface area contributed by atoms with Crippen LogP contribution in [0.25, 0.3) is 22.0 Å². The Hall–Kier alpha value is -4.98. The highest BCUT2D eigenvalue weighted by Gasteiger charge is 2.46. The first-order chi connectivity index (χ1) is 22.8. The molecule has 0 radical (unpaired) electrons. The van der Waals surface area contributed by atoms with E-state index in [-0.39, 0.29) is 25.1 Å². The van der Waals surface area contributed by atoms with Crippen molar-refractivity contribution < 1.29 is 46.1 Å². The largest absolute Gasteiger partial charge is 0.493 e. The maximum absolute atomic E-state index is 15.2. The molecule has 2 N–H and O–H groups in total. The summed E-state index contributed by atoms with van der Waals surface area (Å²) >= 11 is 0. The fraction of sp³-hybridized carbons (Fsp3) is 0.324. The minimum absolute atomic E-state index is 0.104. The van der Waals surface area contributed by atoms with Crippen molar-refractivity contribution in [2.75, 3.05) is 31.3 Å². The number of benzene rings is 3. The van der Waals surface area contributed by atoms with Gasteiger partial charge in [0, 0.05) is 31.3 Å². The number of carboxylic acids is 1. The Morgan fingerprint density at radius 3 is 2.48 bits per heavy atom. The van der Waals surface area contributed by atoms with E-state index in [0.717, 1.165) is 15.8 Å². The molecule has 1 unspecified atom stereocenters. The van der Waals surface area contributed by atoms with Crippen molar-refractivity contribution >= 4 is 28.5 Å². The monoisotopic (exact) mass is 671 g/mol. The molecule has 252 valence electrons. The first kappa shape index (κ1) is 32.9. The van der Waals surface area contributed by atoms with Gasteiger partial charge in [-0.2, -0.15) is 13.2 Å². The van der Waals surface area contributed by atoms with Crippen molar-refractivity contribution in [2.45, 2.75) is 37.5 Å². The second-order valence-electron chi connectivity index (χ2n) is 11.7. The van der Waals surface area contributed by atoms with E-state index >= 15 is 8.78 Å². The van der Waals surface area contributed by atoms with Crippen LogP contribution in [0.15, 0.2) is 59.4 Å². The lowest BCUT2D eigenvalue weighted by Crippen LogP contribution is -2.53. The number of hydrogen-bond donors (Lipinski definition) is 2. The molecule has 1 fully saturated rings. The molecular weight excluding hydrogens is 641 g/mol.